The van der Waals surface area contributed by atoms with Crippen LogP contribution in [0.25, 0.3) is 0 Å². The molecule has 3 fully saturated rings. The molecular formula is C16H30N8O4. The number of hydrogen-bond acceptors (Lipinski definition) is 7. The van der Waals surface area contributed by atoms with E-state index < -0.39 is 29.6 Å². The van der Waals surface area contributed by atoms with Crippen molar-refractivity contribution in [2.75, 3.05) is 26.2 Å². The van der Waals surface area contributed by atoms with Gasteiger partial charge in [-0.2, -0.15) is 0 Å². The Labute approximate surface area is 163 Å². The first kappa shape index (κ1) is 20.4. The molecule has 0 aliphatic carbocycles. The summed E-state index contributed by atoms with van der Waals surface area (Å²) in [5.74, 6) is -2.24. The van der Waals surface area contributed by atoms with E-state index in [1.807, 2.05) is 0 Å². The molecule has 12 heteroatoms. The van der Waals surface area contributed by atoms with Crippen molar-refractivity contribution in [3.05, 3.63) is 0 Å². The van der Waals surface area contributed by atoms with E-state index in [9.17, 15) is 15.0 Å². The molecule has 3 saturated heterocycles. The van der Waals surface area contributed by atoms with Crippen molar-refractivity contribution in [3.63, 3.8) is 0 Å². The van der Waals surface area contributed by atoms with Crippen molar-refractivity contribution in [2.45, 2.75) is 55.6 Å². The molecule has 0 saturated carbocycles. The van der Waals surface area contributed by atoms with Crippen molar-refractivity contribution >= 4 is 18.0 Å². The smallest absolute Gasteiger partial charge is 0.407 e. The van der Waals surface area contributed by atoms with E-state index >= 15 is 0 Å². The van der Waals surface area contributed by atoms with Crippen LogP contribution in [0.4, 0.5) is 4.79 Å². The quantitative estimate of drug-likeness (QED) is 0.160. The Morgan fingerprint density at radius 2 is 2.04 bits per heavy atom. The number of alkyl carbamates (subject to hydrolysis) is 1. The lowest BCUT2D eigenvalue weighted by atomic mass is 9.86. The molecular weight excluding hydrogens is 368 g/mol. The van der Waals surface area contributed by atoms with Gasteiger partial charge in [0.25, 0.3) is 0 Å². The zero-order valence-corrected chi connectivity index (χ0v) is 15.8. The molecule has 0 radical (unpaired) electrons. The first-order chi connectivity index (χ1) is 13.3. The SMILES string of the molecule is N=C1N[C@H]2C(COC(=O)NCCCCCCN)NC(=N)N3CCC(O)(O)[C@]23N1. The highest BCUT2D eigenvalue weighted by Crippen LogP contribution is 2.42. The van der Waals surface area contributed by atoms with Crippen LogP contribution in [0.3, 0.4) is 0 Å². The molecule has 12 nitrogen and oxygen atoms in total. The summed E-state index contributed by atoms with van der Waals surface area (Å²) in [5.41, 5.74) is 3.98. The molecule has 10 N–H and O–H groups in total. The molecule has 3 atom stereocenters. The second-order valence-electron chi connectivity index (χ2n) is 7.43. The fourth-order valence-corrected chi connectivity index (χ4v) is 4.18. The fourth-order valence-electron chi connectivity index (χ4n) is 4.18. The molecule has 0 aromatic rings. The number of carbonyl (C=O) groups excluding carboxylic acids is 1. The number of amides is 1. The van der Waals surface area contributed by atoms with E-state index in [4.69, 9.17) is 21.3 Å². The molecule has 0 bridgehead atoms. The zero-order chi connectivity index (χ0) is 20.4. The van der Waals surface area contributed by atoms with Gasteiger partial charge in [-0.15, -0.1) is 0 Å². The van der Waals surface area contributed by atoms with E-state index in [0.29, 0.717) is 13.1 Å². The van der Waals surface area contributed by atoms with Gasteiger partial charge in [0.2, 0.25) is 5.79 Å². The summed E-state index contributed by atoms with van der Waals surface area (Å²) in [5, 5.41) is 48.5. The molecule has 28 heavy (non-hydrogen) atoms. The van der Waals surface area contributed by atoms with E-state index in [1.165, 1.54) is 4.90 Å². The van der Waals surface area contributed by atoms with Crippen LogP contribution in [-0.2, 0) is 4.74 Å². The number of carbonyl (C=O) groups is 1. The predicted molar refractivity (Wildman–Crippen MR) is 101 cm³/mol. The molecule has 3 heterocycles. The number of aliphatic hydroxyl groups is 2. The van der Waals surface area contributed by atoms with Crippen molar-refractivity contribution < 1.29 is 19.7 Å². The zero-order valence-electron chi connectivity index (χ0n) is 15.8. The molecule has 1 spiro atoms. The maximum atomic E-state index is 11.9. The van der Waals surface area contributed by atoms with Crippen LogP contribution in [0.2, 0.25) is 0 Å². The van der Waals surface area contributed by atoms with Gasteiger partial charge in [-0.05, 0) is 19.4 Å². The normalized spacial score (nSPS) is 30.0. The minimum Gasteiger partial charge on any atom is -0.447 e. The highest BCUT2D eigenvalue weighted by molar-refractivity contribution is 5.87. The van der Waals surface area contributed by atoms with Gasteiger partial charge >= 0.3 is 6.09 Å². The number of ether oxygens (including phenoxy) is 1. The molecule has 1 amide bonds. The van der Waals surface area contributed by atoms with E-state index in [-0.39, 0.29) is 31.5 Å². The lowest BCUT2D eigenvalue weighted by molar-refractivity contribution is -0.223. The second-order valence-corrected chi connectivity index (χ2v) is 7.43. The maximum absolute atomic E-state index is 11.9. The lowest BCUT2D eigenvalue weighted by Crippen LogP contribution is -2.80. The van der Waals surface area contributed by atoms with Gasteiger partial charge in [-0.3, -0.25) is 10.8 Å². The number of hydrogen-bond donors (Lipinski definition) is 9. The van der Waals surface area contributed by atoms with Crippen LogP contribution < -0.4 is 27.0 Å². The van der Waals surface area contributed by atoms with Crippen molar-refractivity contribution in [3.8, 4) is 0 Å². The van der Waals surface area contributed by atoms with Crippen molar-refractivity contribution in [1.82, 2.24) is 26.2 Å². The van der Waals surface area contributed by atoms with Gasteiger partial charge in [0, 0.05) is 19.5 Å². The van der Waals surface area contributed by atoms with Gasteiger partial charge < -0.3 is 46.9 Å². The summed E-state index contributed by atoms with van der Waals surface area (Å²) in [6, 6.07) is -1.30. The number of nitrogens with two attached hydrogens (primary N) is 1. The summed E-state index contributed by atoms with van der Waals surface area (Å²) in [6.07, 6.45) is 3.26. The summed E-state index contributed by atoms with van der Waals surface area (Å²) in [6.45, 7) is 1.32. The molecule has 3 aliphatic rings. The molecule has 1 unspecified atom stereocenters. The Balaban J connectivity index is 1.56. The third-order valence-corrected chi connectivity index (χ3v) is 5.57. The van der Waals surface area contributed by atoms with E-state index in [0.717, 1.165) is 25.7 Å². The van der Waals surface area contributed by atoms with Crippen LogP contribution >= 0.6 is 0 Å². The lowest BCUT2D eigenvalue weighted by Gasteiger charge is -2.51. The van der Waals surface area contributed by atoms with Gasteiger partial charge in [-0.25, -0.2) is 4.79 Å². The van der Waals surface area contributed by atoms with Crippen LogP contribution in [0.1, 0.15) is 32.1 Å². The Morgan fingerprint density at radius 3 is 2.79 bits per heavy atom. The molecule has 3 rings (SSSR count). The van der Waals surface area contributed by atoms with Crippen molar-refractivity contribution in [2.24, 2.45) is 5.73 Å². The molecule has 0 aromatic carbocycles. The Kier molecular flexibility index (Phi) is 5.82. The van der Waals surface area contributed by atoms with Crippen LogP contribution in [-0.4, -0.2) is 82.9 Å². The van der Waals surface area contributed by atoms with Gasteiger partial charge in [0.05, 0.1) is 12.1 Å². The number of rotatable bonds is 8. The average Bonchev–Trinajstić information content (AvgIpc) is 3.13. The maximum Gasteiger partial charge on any atom is 0.407 e. The van der Waals surface area contributed by atoms with E-state index in [2.05, 4.69) is 21.3 Å². The standard InChI is InChI=1S/C16H30N8O4/c17-6-3-1-2-4-7-20-14(25)28-9-10-11-16(23-12(18)22-11)15(26,27)5-8-24(16)13(19)21-10/h10-11,26-27H,1-9,17H2,(H2,19,21)(H,20,25)(H3,18,22,23)/t10?,11-,16-/m0/s1. The molecule has 3 aliphatic heterocycles. The Bertz CT molecular complexity index is 630. The fraction of sp³-hybridized carbons (Fsp3) is 0.812. The number of unbranched alkanes of at least 4 members (excludes halogenated alkanes) is 3. The van der Waals surface area contributed by atoms with Crippen LogP contribution in [0.15, 0.2) is 0 Å². The topological polar surface area (TPSA) is 192 Å². The summed E-state index contributed by atoms with van der Waals surface area (Å²) in [4.78, 5) is 13.4. The third kappa shape index (κ3) is 3.54. The van der Waals surface area contributed by atoms with Crippen LogP contribution in [0.5, 0.6) is 0 Å². The minimum atomic E-state index is -2.15. The average molecular weight is 398 g/mol. The van der Waals surface area contributed by atoms with E-state index in [1.54, 1.807) is 0 Å². The number of guanidine groups is 2. The monoisotopic (exact) mass is 398 g/mol. The highest BCUT2D eigenvalue weighted by atomic mass is 16.5. The first-order valence-electron chi connectivity index (χ1n) is 9.63. The highest BCUT2D eigenvalue weighted by Gasteiger charge is 2.70. The number of nitrogens with one attached hydrogen (secondary N) is 6. The van der Waals surface area contributed by atoms with Crippen LogP contribution in [0, 0.1) is 10.8 Å². The summed E-state index contributed by atoms with van der Waals surface area (Å²) < 4.78 is 5.27. The second kappa shape index (κ2) is 7.97. The summed E-state index contributed by atoms with van der Waals surface area (Å²) in [7, 11) is 0. The largest absolute Gasteiger partial charge is 0.447 e. The van der Waals surface area contributed by atoms with Gasteiger partial charge in [-0.1, -0.05) is 12.8 Å². The van der Waals surface area contributed by atoms with Gasteiger partial charge in [0.1, 0.15) is 6.61 Å². The first-order valence-corrected chi connectivity index (χ1v) is 9.63. The third-order valence-electron chi connectivity index (χ3n) is 5.57. The molecule has 158 valence electrons. The Hall–Kier alpha value is -2.31. The Morgan fingerprint density at radius 1 is 1.29 bits per heavy atom. The molecule has 0 aromatic heterocycles. The minimum absolute atomic E-state index is 0.0147. The van der Waals surface area contributed by atoms with Gasteiger partial charge in [0.15, 0.2) is 17.6 Å². The predicted octanol–water partition coefficient (Wildman–Crippen LogP) is -2.28. The summed E-state index contributed by atoms with van der Waals surface area (Å²) >= 11 is 0. The van der Waals surface area contributed by atoms with Crippen molar-refractivity contribution in [1.29, 1.82) is 10.8 Å². The number of nitrogens with zero attached hydrogens (tertiary/aromatic N) is 1.